The van der Waals surface area contributed by atoms with Crippen LogP contribution < -0.4 is 9.64 Å². The van der Waals surface area contributed by atoms with E-state index in [1.165, 1.54) is 10.3 Å². The fourth-order valence-electron chi connectivity index (χ4n) is 3.57. The Kier molecular flexibility index (Phi) is 5.96. The molecule has 7 heteroatoms. The molecule has 3 aromatic rings. The maximum atomic E-state index is 12.9. The van der Waals surface area contributed by atoms with Gasteiger partial charge in [-0.3, -0.25) is 4.79 Å². The third-order valence-electron chi connectivity index (χ3n) is 5.14. The van der Waals surface area contributed by atoms with Gasteiger partial charge in [0.15, 0.2) is 5.13 Å². The molecule has 29 heavy (non-hydrogen) atoms. The number of rotatable bonds is 5. The maximum Gasteiger partial charge on any atom is 0.254 e. The highest BCUT2D eigenvalue weighted by Gasteiger charge is 2.24. The van der Waals surface area contributed by atoms with Crippen molar-refractivity contribution in [2.75, 3.05) is 43.9 Å². The fraction of sp³-hybridized carbons (Fsp3) is 0.364. The number of nitrogens with zero attached hydrogens (tertiary/aromatic N) is 3. The van der Waals surface area contributed by atoms with Crippen LogP contribution in [0.1, 0.15) is 22.8 Å². The molecule has 0 atom stereocenters. The number of benzene rings is 2. The minimum absolute atomic E-state index is 0.116. The van der Waals surface area contributed by atoms with Gasteiger partial charge in [0.2, 0.25) is 0 Å². The van der Waals surface area contributed by atoms with Crippen LogP contribution in [0.25, 0.3) is 10.2 Å². The van der Waals surface area contributed by atoms with Gasteiger partial charge in [-0.05, 0) is 42.5 Å². The second kappa shape index (κ2) is 8.63. The Balaban J connectivity index is 1.47. The van der Waals surface area contributed by atoms with Gasteiger partial charge in [-0.2, -0.15) is 0 Å². The van der Waals surface area contributed by atoms with Crippen LogP contribution in [0.4, 0.5) is 5.13 Å². The number of methoxy groups -OCH3 is 1. The number of aryl methyl sites for hydroxylation is 1. The van der Waals surface area contributed by atoms with E-state index >= 15 is 0 Å². The van der Waals surface area contributed by atoms with Crippen molar-refractivity contribution in [3.05, 3.63) is 47.5 Å². The lowest BCUT2D eigenvalue weighted by molar-refractivity contribution is 0.0746. The zero-order valence-electron chi connectivity index (χ0n) is 17.0. The van der Waals surface area contributed by atoms with E-state index in [-0.39, 0.29) is 5.91 Å². The maximum absolute atomic E-state index is 12.9. The van der Waals surface area contributed by atoms with Gasteiger partial charge in [-0.15, -0.1) is 11.8 Å². The number of amides is 1. The molecule has 2 aromatic carbocycles. The predicted molar refractivity (Wildman–Crippen MR) is 122 cm³/mol. The standard InChI is InChI=1S/C22H25N3O2S2/c1-4-28-17-7-5-6-16(14-17)21(26)24-10-12-25(13-11-24)22-23-19-18(27-3)9-8-15(2)20(19)29-22/h5-9,14H,4,10-13H2,1-3H3. The molecule has 152 valence electrons. The molecule has 0 radical (unpaired) electrons. The summed E-state index contributed by atoms with van der Waals surface area (Å²) >= 11 is 3.46. The Bertz CT molecular complexity index is 1030. The molecule has 1 fully saturated rings. The van der Waals surface area contributed by atoms with Gasteiger partial charge < -0.3 is 14.5 Å². The number of thiazole rings is 1. The van der Waals surface area contributed by atoms with E-state index in [0.29, 0.717) is 13.1 Å². The molecule has 1 amide bonds. The van der Waals surface area contributed by atoms with Crippen LogP contribution in [0, 0.1) is 6.92 Å². The molecule has 1 aromatic heterocycles. The van der Waals surface area contributed by atoms with Crippen molar-refractivity contribution in [2.45, 2.75) is 18.7 Å². The van der Waals surface area contributed by atoms with Gasteiger partial charge in [0, 0.05) is 36.6 Å². The number of hydrogen-bond donors (Lipinski definition) is 0. The van der Waals surface area contributed by atoms with Crippen molar-refractivity contribution in [1.29, 1.82) is 0 Å². The van der Waals surface area contributed by atoms with E-state index in [2.05, 4.69) is 30.9 Å². The SMILES string of the molecule is CCSc1cccc(C(=O)N2CCN(c3nc4c(OC)ccc(C)c4s3)CC2)c1. The molecule has 0 spiro atoms. The quantitative estimate of drug-likeness (QED) is 0.553. The highest BCUT2D eigenvalue weighted by molar-refractivity contribution is 7.99. The van der Waals surface area contributed by atoms with E-state index in [1.54, 1.807) is 30.2 Å². The number of fused-ring (bicyclic) bond motifs is 1. The minimum atomic E-state index is 0.116. The average Bonchev–Trinajstić information content (AvgIpc) is 3.21. The van der Waals surface area contributed by atoms with E-state index in [4.69, 9.17) is 9.72 Å². The van der Waals surface area contributed by atoms with Crippen molar-refractivity contribution in [3.8, 4) is 5.75 Å². The van der Waals surface area contributed by atoms with E-state index < -0.39 is 0 Å². The summed E-state index contributed by atoms with van der Waals surface area (Å²) in [5.41, 5.74) is 2.91. The van der Waals surface area contributed by atoms with Crippen LogP contribution in [0.2, 0.25) is 0 Å². The molecule has 0 unspecified atom stereocenters. The smallest absolute Gasteiger partial charge is 0.254 e. The van der Waals surface area contributed by atoms with Gasteiger partial charge >= 0.3 is 0 Å². The van der Waals surface area contributed by atoms with Gasteiger partial charge in [-0.25, -0.2) is 4.98 Å². The second-order valence-corrected chi connectivity index (χ2v) is 9.31. The summed E-state index contributed by atoms with van der Waals surface area (Å²) in [4.78, 5) is 23.2. The molecule has 4 rings (SSSR count). The molecule has 1 aliphatic heterocycles. The summed E-state index contributed by atoms with van der Waals surface area (Å²) in [5, 5.41) is 1.00. The molecule has 1 aliphatic rings. The summed E-state index contributed by atoms with van der Waals surface area (Å²) in [6.07, 6.45) is 0. The summed E-state index contributed by atoms with van der Waals surface area (Å²) in [5.74, 6) is 1.93. The number of carbonyl (C=O) groups excluding carboxylic acids is 1. The number of anilines is 1. The summed E-state index contributed by atoms with van der Waals surface area (Å²) in [6.45, 7) is 7.21. The van der Waals surface area contributed by atoms with Crippen LogP contribution in [0.3, 0.4) is 0 Å². The lowest BCUT2D eigenvalue weighted by Gasteiger charge is -2.34. The molecular weight excluding hydrogens is 402 g/mol. The van der Waals surface area contributed by atoms with Gasteiger partial charge in [0.25, 0.3) is 5.91 Å². The topological polar surface area (TPSA) is 45.7 Å². The molecule has 0 bridgehead atoms. The zero-order chi connectivity index (χ0) is 20.4. The third kappa shape index (κ3) is 4.07. The number of thioether (sulfide) groups is 1. The number of hydrogen-bond acceptors (Lipinski definition) is 6. The summed E-state index contributed by atoms with van der Waals surface area (Å²) in [6, 6.07) is 12.0. The Labute approximate surface area is 179 Å². The summed E-state index contributed by atoms with van der Waals surface area (Å²) in [7, 11) is 1.68. The first-order chi connectivity index (χ1) is 14.1. The third-order valence-corrected chi connectivity index (χ3v) is 7.27. The van der Waals surface area contributed by atoms with Crippen LogP contribution in [-0.4, -0.2) is 54.8 Å². The first kappa shape index (κ1) is 20.0. The Morgan fingerprint density at radius 2 is 2.00 bits per heavy atom. The molecule has 0 saturated carbocycles. The first-order valence-electron chi connectivity index (χ1n) is 9.82. The van der Waals surface area contributed by atoms with Crippen molar-refractivity contribution >= 4 is 44.4 Å². The fourth-order valence-corrected chi connectivity index (χ4v) is 5.39. The molecule has 2 heterocycles. The Morgan fingerprint density at radius 3 is 2.72 bits per heavy atom. The zero-order valence-corrected chi connectivity index (χ0v) is 18.6. The van der Waals surface area contributed by atoms with Gasteiger partial charge in [0.05, 0.1) is 11.8 Å². The second-order valence-electron chi connectivity index (χ2n) is 7.00. The number of aromatic nitrogens is 1. The van der Waals surface area contributed by atoms with E-state index in [1.807, 2.05) is 29.2 Å². The summed E-state index contributed by atoms with van der Waals surface area (Å²) < 4.78 is 6.65. The molecule has 0 aliphatic carbocycles. The lowest BCUT2D eigenvalue weighted by Crippen LogP contribution is -2.48. The van der Waals surface area contributed by atoms with Crippen molar-refractivity contribution < 1.29 is 9.53 Å². The van der Waals surface area contributed by atoms with Crippen LogP contribution in [0.5, 0.6) is 5.75 Å². The monoisotopic (exact) mass is 427 g/mol. The highest BCUT2D eigenvalue weighted by atomic mass is 32.2. The molecule has 5 nitrogen and oxygen atoms in total. The van der Waals surface area contributed by atoms with Gasteiger partial charge in [-0.1, -0.05) is 30.4 Å². The van der Waals surface area contributed by atoms with E-state index in [0.717, 1.165) is 45.7 Å². The van der Waals surface area contributed by atoms with Crippen LogP contribution in [-0.2, 0) is 0 Å². The molecular formula is C22H25N3O2S2. The Hall–Kier alpha value is -2.25. The lowest BCUT2D eigenvalue weighted by atomic mass is 10.2. The first-order valence-corrected chi connectivity index (χ1v) is 11.6. The minimum Gasteiger partial charge on any atom is -0.494 e. The van der Waals surface area contributed by atoms with Crippen LogP contribution >= 0.6 is 23.1 Å². The average molecular weight is 428 g/mol. The van der Waals surface area contributed by atoms with Crippen LogP contribution in [0.15, 0.2) is 41.3 Å². The van der Waals surface area contributed by atoms with Crippen molar-refractivity contribution in [3.63, 3.8) is 0 Å². The van der Waals surface area contributed by atoms with Crippen molar-refractivity contribution in [2.24, 2.45) is 0 Å². The molecule has 0 N–H and O–H groups in total. The number of carbonyl (C=O) groups is 1. The normalized spacial score (nSPS) is 14.4. The highest BCUT2D eigenvalue weighted by Crippen LogP contribution is 2.36. The molecule has 1 saturated heterocycles. The number of ether oxygens (including phenoxy) is 1. The van der Waals surface area contributed by atoms with E-state index in [9.17, 15) is 4.79 Å². The number of piperazine rings is 1. The van der Waals surface area contributed by atoms with Crippen molar-refractivity contribution in [1.82, 2.24) is 9.88 Å². The largest absolute Gasteiger partial charge is 0.494 e. The predicted octanol–water partition coefficient (Wildman–Crippen LogP) is 4.69. The van der Waals surface area contributed by atoms with Gasteiger partial charge in [0.1, 0.15) is 11.3 Å². The Morgan fingerprint density at radius 1 is 1.21 bits per heavy atom.